The Labute approximate surface area is 70.3 Å². The molecule has 2 N–H and O–H groups in total. The van der Waals surface area contributed by atoms with Crippen LogP contribution in [-0.2, 0) is 0 Å². The molecule has 3 heteroatoms. The zero-order valence-electron chi connectivity index (χ0n) is 6.79. The molecule has 0 radical (unpaired) electrons. The van der Waals surface area contributed by atoms with Crippen molar-refractivity contribution < 1.29 is 14.6 Å². The SMILES string of the molecule is CC(CO)c1ccc(O)c(F)c1. The maximum Gasteiger partial charge on any atom is 0.165 e. The summed E-state index contributed by atoms with van der Waals surface area (Å²) in [6.45, 7) is 1.76. The first-order chi connectivity index (χ1) is 5.65. The molecule has 1 aromatic carbocycles. The van der Waals surface area contributed by atoms with Crippen LogP contribution in [-0.4, -0.2) is 16.8 Å². The van der Waals surface area contributed by atoms with Gasteiger partial charge in [0.05, 0.1) is 0 Å². The van der Waals surface area contributed by atoms with E-state index in [1.807, 2.05) is 0 Å². The average Bonchev–Trinajstić information content (AvgIpc) is 2.08. The molecule has 12 heavy (non-hydrogen) atoms. The van der Waals surface area contributed by atoms with Crippen molar-refractivity contribution in [2.24, 2.45) is 0 Å². The predicted octanol–water partition coefficient (Wildman–Crippen LogP) is 1.63. The van der Waals surface area contributed by atoms with Gasteiger partial charge in [-0.15, -0.1) is 0 Å². The summed E-state index contributed by atoms with van der Waals surface area (Å²) in [6, 6.07) is 4.12. The van der Waals surface area contributed by atoms with Crippen molar-refractivity contribution in [3.63, 3.8) is 0 Å². The van der Waals surface area contributed by atoms with Gasteiger partial charge in [0.25, 0.3) is 0 Å². The third-order valence-electron chi connectivity index (χ3n) is 1.81. The van der Waals surface area contributed by atoms with Gasteiger partial charge < -0.3 is 10.2 Å². The lowest BCUT2D eigenvalue weighted by molar-refractivity contribution is 0.272. The Morgan fingerprint density at radius 1 is 1.50 bits per heavy atom. The highest BCUT2D eigenvalue weighted by Crippen LogP contribution is 2.21. The first-order valence-corrected chi connectivity index (χ1v) is 3.74. The largest absolute Gasteiger partial charge is 0.505 e. The molecule has 0 bridgehead atoms. The second-order valence-corrected chi connectivity index (χ2v) is 2.79. The van der Waals surface area contributed by atoms with Crippen LogP contribution in [0.1, 0.15) is 18.4 Å². The summed E-state index contributed by atoms with van der Waals surface area (Å²) in [5, 5.41) is 17.6. The van der Waals surface area contributed by atoms with E-state index in [0.717, 1.165) is 0 Å². The summed E-state index contributed by atoms with van der Waals surface area (Å²) >= 11 is 0. The van der Waals surface area contributed by atoms with E-state index in [1.54, 1.807) is 13.0 Å². The number of phenolic OH excluding ortho intramolecular Hbond substituents is 1. The molecule has 66 valence electrons. The van der Waals surface area contributed by atoms with Crippen molar-refractivity contribution in [2.75, 3.05) is 6.61 Å². The molecular weight excluding hydrogens is 159 g/mol. The van der Waals surface area contributed by atoms with Crippen LogP contribution in [0.4, 0.5) is 4.39 Å². The van der Waals surface area contributed by atoms with Crippen LogP contribution in [0.15, 0.2) is 18.2 Å². The lowest BCUT2D eigenvalue weighted by Crippen LogP contribution is -1.98. The molecule has 0 aromatic heterocycles. The van der Waals surface area contributed by atoms with Gasteiger partial charge in [-0.3, -0.25) is 0 Å². The number of aliphatic hydroxyl groups excluding tert-OH is 1. The Balaban J connectivity index is 2.96. The highest BCUT2D eigenvalue weighted by Gasteiger charge is 2.06. The topological polar surface area (TPSA) is 40.5 Å². The third-order valence-corrected chi connectivity index (χ3v) is 1.81. The van der Waals surface area contributed by atoms with Crippen molar-refractivity contribution >= 4 is 0 Å². The third kappa shape index (κ3) is 1.74. The van der Waals surface area contributed by atoms with Gasteiger partial charge in [0.2, 0.25) is 0 Å². The van der Waals surface area contributed by atoms with Gasteiger partial charge in [-0.2, -0.15) is 0 Å². The molecule has 0 aliphatic heterocycles. The van der Waals surface area contributed by atoms with Crippen molar-refractivity contribution in [3.8, 4) is 5.75 Å². The van der Waals surface area contributed by atoms with E-state index < -0.39 is 5.82 Å². The molecule has 0 heterocycles. The molecule has 0 fully saturated rings. The molecule has 0 aliphatic rings. The molecule has 2 nitrogen and oxygen atoms in total. The summed E-state index contributed by atoms with van der Waals surface area (Å²) in [5.41, 5.74) is 0.688. The minimum absolute atomic E-state index is 0.0236. The Morgan fingerprint density at radius 2 is 2.17 bits per heavy atom. The maximum atomic E-state index is 12.7. The van der Waals surface area contributed by atoms with Gasteiger partial charge in [0, 0.05) is 12.5 Å². The minimum atomic E-state index is -0.646. The molecule has 1 aromatic rings. The first kappa shape index (κ1) is 9.00. The van der Waals surface area contributed by atoms with Gasteiger partial charge in [0.15, 0.2) is 11.6 Å². The van der Waals surface area contributed by atoms with Crippen LogP contribution in [0.3, 0.4) is 0 Å². The Kier molecular flexibility index (Phi) is 2.65. The fourth-order valence-corrected chi connectivity index (χ4v) is 0.935. The van der Waals surface area contributed by atoms with Gasteiger partial charge >= 0.3 is 0 Å². The molecular formula is C9H11FO2. The second kappa shape index (κ2) is 3.54. The number of rotatable bonds is 2. The van der Waals surface area contributed by atoms with Crippen LogP contribution in [0.25, 0.3) is 0 Å². The molecule has 0 aliphatic carbocycles. The number of halogens is 1. The van der Waals surface area contributed by atoms with Crippen molar-refractivity contribution in [1.29, 1.82) is 0 Å². The molecule has 1 rings (SSSR count). The number of aromatic hydroxyl groups is 1. The highest BCUT2D eigenvalue weighted by atomic mass is 19.1. The number of aliphatic hydroxyl groups is 1. The summed E-state index contributed by atoms with van der Waals surface area (Å²) in [4.78, 5) is 0. The lowest BCUT2D eigenvalue weighted by Gasteiger charge is -2.07. The van der Waals surface area contributed by atoms with Crippen LogP contribution < -0.4 is 0 Å². The monoisotopic (exact) mass is 170 g/mol. The lowest BCUT2D eigenvalue weighted by atomic mass is 10.0. The Hall–Kier alpha value is -1.09. The van der Waals surface area contributed by atoms with E-state index >= 15 is 0 Å². The Morgan fingerprint density at radius 3 is 2.67 bits per heavy atom. The minimum Gasteiger partial charge on any atom is -0.505 e. The number of hydrogen-bond acceptors (Lipinski definition) is 2. The smallest absolute Gasteiger partial charge is 0.165 e. The first-order valence-electron chi connectivity index (χ1n) is 3.74. The van der Waals surface area contributed by atoms with Crippen molar-refractivity contribution in [2.45, 2.75) is 12.8 Å². The summed E-state index contributed by atoms with van der Waals surface area (Å²) in [5.74, 6) is -1.10. The van der Waals surface area contributed by atoms with Crippen LogP contribution in [0.2, 0.25) is 0 Å². The normalized spacial score (nSPS) is 12.9. The molecule has 0 amide bonds. The van der Waals surface area contributed by atoms with E-state index in [1.165, 1.54) is 12.1 Å². The number of hydrogen-bond donors (Lipinski definition) is 2. The quantitative estimate of drug-likeness (QED) is 0.708. The maximum absolute atomic E-state index is 12.7. The highest BCUT2D eigenvalue weighted by molar-refractivity contribution is 5.29. The van der Waals surface area contributed by atoms with Gasteiger partial charge in [-0.05, 0) is 17.7 Å². The molecule has 1 unspecified atom stereocenters. The van der Waals surface area contributed by atoms with Gasteiger partial charge in [-0.1, -0.05) is 13.0 Å². The van der Waals surface area contributed by atoms with E-state index in [-0.39, 0.29) is 18.3 Å². The van der Waals surface area contributed by atoms with Crippen molar-refractivity contribution in [3.05, 3.63) is 29.6 Å². The van der Waals surface area contributed by atoms with Gasteiger partial charge in [-0.25, -0.2) is 4.39 Å². The number of benzene rings is 1. The average molecular weight is 170 g/mol. The zero-order chi connectivity index (χ0) is 9.14. The molecule has 0 saturated heterocycles. The van der Waals surface area contributed by atoms with E-state index in [0.29, 0.717) is 5.56 Å². The van der Waals surface area contributed by atoms with Crippen molar-refractivity contribution in [1.82, 2.24) is 0 Å². The molecule has 0 spiro atoms. The summed E-state index contributed by atoms with van der Waals surface area (Å²) in [6.07, 6.45) is 0. The van der Waals surface area contributed by atoms with Crippen LogP contribution >= 0.6 is 0 Å². The second-order valence-electron chi connectivity index (χ2n) is 2.79. The summed E-state index contributed by atoms with van der Waals surface area (Å²) in [7, 11) is 0. The van der Waals surface area contributed by atoms with E-state index in [4.69, 9.17) is 10.2 Å². The van der Waals surface area contributed by atoms with Crippen LogP contribution in [0.5, 0.6) is 5.75 Å². The van der Waals surface area contributed by atoms with Gasteiger partial charge in [0.1, 0.15) is 0 Å². The Bertz CT molecular complexity index is 273. The fraction of sp³-hybridized carbons (Fsp3) is 0.333. The zero-order valence-corrected chi connectivity index (χ0v) is 6.79. The van der Waals surface area contributed by atoms with Crippen LogP contribution in [0, 0.1) is 5.82 Å². The predicted molar refractivity (Wildman–Crippen MR) is 43.6 cm³/mol. The molecule has 0 saturated carbocycles. The summed E-state index contributed by atoms with van der Waals surface area (Å²) < 4.78 is 12.7. The van der Waals surface area contributed by atoms with E-state index in [9.17, 15) is 4.39 Å². The fourth-order valence-electron chi connectivity index (χ4n) is 0.935. The molecule has 1 atom stereocenters. The standard InChI is InChI=1S/C9H11FO2/c1-6(5-11)7-2-3-9(12)8(10)4-7/h2-4,6,11-12H,5H2,1H3. The van der Waals surface area contributed by atoms with E-state index in [2.05, 4.69) is 0 Å². The number of phenols is 1.